The highest BCUT2D eigenvalue weighted by Gasteiger charge is 2.43. The lowest BCUT2D eigenvalue weighted by Crippen LogP contribution is -2.63. The molecule has 3 N–H and O–H groups in total. The molecule has 0 unspecified atom stereocenters. The van der Waals surface area contributed by atoms with Gasteiger partial charge in [0, 0.05) is 11.1 Å². The Labute approximate surface area is 117 Å². The molecule has 0 radical (unpaired) electrons. The SMILES string of the molecule is CCCC1(O)CN(C(=O)c2cc3cc(N)ccc3o2)C1. The van der Waals surface area contributed by atoms with Crippen molar-refractivity contribution < 1.29 is 14.3 Å². The van der Waals surface area contributed by atoms with Gasteiger partial charge in [-0.3, -0.25) is 4.79 Å². The van der Waals surface area contributed by atoms with Crippen LogP contribution in [-0.2, 0) is 0 Å². The molecule has 1 aromatic heterocycles. The number of benzene rings is 1. The lowest BCUT2D eigenvalue weighted by molar-refractivity contribution is -0.0867. The number of hydrogen-bond donors (Lipinski definition) is 2. The number of rotatable bonds is 3. The van der Waals surface area contributed by atoms with E-state index < -0.39 is 5.60 Å². The van der Waals surface area contributed by atoms with E-state index in [0.717, 1.165) is 11.8 Å². The second kappa shape index (κ2) is 4.52. The van der Waals surface area contributed by atoms with Crippen LogP contribution < -0.4 is 5.73 Å². The minimum Gasteiger partial charge on any atom is -0.451 e. The molecule has 0 aliphatic carbocycles. The van der Waals surface area contributed by atoms with Crippen LogP contribution in [0.2, 0.25) is 0 Å². The van der Waals surface area contributed by atoms with Gasteiger partial charge in [-0.1, -0.05) is 13.3 Å². The number of carbonyl (C=O) groups is 1. The predicted octanol–water partition coefficient (Wildman–Crippen LogP) is 2.00. The summed E-state index contributed by atoms with van der Waals surface area (Å²) in [5.41, 5.74) is 6.27. The van der Waals surface area contributed by atoms with Crippen LogP contribution in [0.3, 0.4) is 0 Å². The maximum absolute atomic E-state index is 12.3. The van der Waals surface area contributed by atoms with Crippen molar-refractivity contribution in [3.05, 3.63) is 30.0 Å². The van der Waals surface area contributed by atoms with E-state index in [9.17, 15) is 9.90 Å². The summed E-state index contributed by atoms with van der Waals surface area (Å²) >= 11 is 0. The number of fused-ring (bicyclic) bond motifs is 1. The molecule has 3 rings (SSSR count). The summed E-state index contributed by atoms with van der Waals surface area (Å²) in [6.45, 7) is 2.77. The predicted molar refractivity (Wildman–Crippen MR) is 76.4 cm³/mol. The van der Waals surface area contributed by atoms with Crippen molar-refractivity contribution >= 4 is 22.6 Å². The lowest BCUT2D eigenvalue weighted by atomic mass is 9.89. The number of likely N-dealkylation sites (tertiary alicyclic amines) is 1. The van der Waals surface area contributed by atoms with Gasteiger partial charge in [-0.25, -0.2) is 0 Å². The highest BCUT2D eigenvalue weighted by molar-refractivity contribution is 5.97. The topological polar surface area (TPSA) is 79.7 Å². The second-order valence-electron chi connectivity index (χ2n) is 5.54. The minimum absolute atomic E-state index is 0.180. The van der Waals surface area contributed by atoms with Gasteiger partial charge in [-0.05, 0) is 30.7 Å². The van der Waals surface area contributed by atoms with Gasteiger partial charge in [0.2, 0.25) is 0 Å². The first-order chi connectivity index (χ1) is 9.50. The molecule has 1 aliphatic rings. The number of furan rings is 1. The van der Waals surface area contributed by atoms with Gasteiger partial charge in [0.25, 0.3) is 5.91 Å². The molecule has 0 saturated carbocycles. The summed E-state index contributed by atoms with van der Waals surface area (Å²) in [6, 6.07) is 6.97. The van der Waals surface area contributed by atoms with Crippen molar-refractivity contribution in [3.63, 3.8) is 0 Å². The summed E-state index contributed by atoms with van der Waals surface area (Å²) in [5, 5.41) is 10.9. The number of nitrogens with two attached hydrogens (primary N) is 1. The largest absolute Gasteiger partial charge is 0.451 e. The molecular formula is C15H18N2O3. The number of aliphatic hydroxyl groups is 1. The Balaban J connectivity index is 1.77. The van der Waals surface area contributed by atoms with Gasteiger partial charge >= 0.3 is 0 Å². The molecule has 5 heteroatoms. The normalized spacial score (nSPS) is 17.2. The molecule has 1 saturated heterocycles. The van der Waals surface area contributed by atoms with E-state index >= 15 is 0 Å². The van der Waals surface area contributed by atoms with Crippen LogP contribution in [0.25, 0.3) is 11.0 Å². The van der Waals surface area contributed by atoms with Crippen LogP contribution in [0, 0.1) is 0 Å². The Morgan fingerprint density at radius 1 is 1.45 bits per heavy atom. The van der Waals surface area contributed by atoms with Crippen molar-refractivity contribution in [2.24, 2.45) is 0 Å². The van der Waals surface area contributed by atoms with E-state index in [4.69, 9.17) is 10.2 Å². The molecule has 2 heterocycles. The molecule has 1 amide bonds. The molecular weight excluding hydrogens is 256 g/mol. The van der Waals surface area contributed by atoms with Gasteiger partial charge in [-0.15, -0.1) is 0 Å². The Morgan fingerprint density at radius 2 is 2.20 bits per heavy atom. The van der Waals surface area contributed by atoms with E-state index in [1.165, 1.54) is 0 Å². The van der Waals surface area contributed by atoms with Gasteiger partial charge in [0.1, 0.15) is 5.58 Å². The quantitative estimate of drug-likeness (QED) is 0.839. The molecule has 5 nitrogen and oxygen atoms in total. The van der Waals surface area contributed by atoms with Crippen LogP contribution in [-0.4, -0.2) is 34.6 Å². The average Bonchev–Trinajstić information content (AvgIpc) is 2.78. The minimum atomic E-state index is -0.721. The second-order valence-corrected chi connectivity index (χ2v) is 5.54. The molecule has 20 heavy (non-hydrogen) atoms. The van der Waals surface area contributed by atoms with E-state index in [1.54, 1.807) is 29.2 Å². The van der Waals surface area contributed by atoms with Crippen LogP contribution >= 0.6 is 0 Å². The molecule has 106 valence electrons. The molecule has 1 aliphatic heterocycles. The Hall–Kier alpha value is -2.01. The smallest absolute Gasteiger partial charge is 0.289 e. The first kappa shape index (κ1) is 13.0. The van der Waals surface area contributed by atoms with E-state index in [0.29, 0.717) is 36.5 Å². The lowest BCUT2D eigenvalue weighted by Gasteiger charge is -2.46. The molecule has 0 bridgehead atoms. The fraction of sp³-hybridized carbons (Fsp3) is 0.400. The maximum atomic E-state index is 12.3. The fourth-order valence-electron chi connectivity index (χ4n) is 2.75. The first-order valence-corrected chi connectivity index (χ1v) is 6.81. The zero-order valence-electron chi connectivity index (χ0n) is 11.4. The monoisotopic (exact) mass is 274 g/mol. The molecule has 0 spiro atoms. The van der Waals surface area contributed by atoms with E-state index in [2.05, 4.69) is 0 Å². The Kier molecular flexibility index (Phi) is 2.94. The molecule has 1 fully saturated rings. The van der Waals surface area contributed by atoms with Crippen molar-refractivity contribution in [1.29, 1.82) is 0 Å². The van der Waals surface area contributed by atoms with Crippen LogP contribution in [0.4, 0.5) is 5.69 Å². The fourth-order valence-corrected chi connectivity index (χ4v) is 2.75. The van der Waals surface area contributed by atoms with Crippen LogP contribution in [0.1, 0.15) is 30.3 Å². The number of anilines is 1. The first-order valence-electron chi connectivity index (χ1n) is 6.81. The van der Waals surface area contributed by atoms with Crippen LogP contribution in [0.15, 0.2) is 28.7 Å². The maximum Gasteiger partial charge on any atom is 0.289 e. The average molecular weight is 274 g/mol. The Bertz CT molecular complexity index is 656. The number of nitrogens with zero attached hydrogens (tertiary/aromatic N) is 1. The third-order valence-corrected chi connectivity index (χ3v) is 3.72. The number of hydrogen-bond acceptors (Lipinski definition) is 4. The Morgan fingerprint density at radius 3 is 2.90 bits per heavy atom. The van der Waals surface area contributed by atoms with Gasteiger partial charge in [0.15, 0.2) is 5.76 Å². The highest BCUT2D eigenvalue weighted by Crippen LogP contribution is 2.29. The standard InChI is InChI=1S/C15H18N2O3/c1-2-5-15(19)8-17(9-15)14(18)13-7-10-6-11(16)3-4-12(10)20-13/h3-4,6-7,19H,2,5,8-9,16H2,1H3. The zero-order valence-corrected chi connectivity index (χ0v) is 11.4. The summed E-state index contributed by atoms with van der Waals surface area (Å²) in [5.74, 6) is 0.115. The van der Waals surface area contributed by atoms with Crippen molar-refractivity contribution in [2.75, 3.05) is 18.8 Å². The summed E-state index contributed by atoms with van der Waals surface area (Å²) < 4.78 is 5.54. The summed E-state index contributed by atoms with van der Waals surface area (Å²) in [7, 11) is 0. The number of amides is 1. The molecule has 1 aromatic carbocycles. The summed E-state index contributed by atoms with van der Waals surface area (Å²) in [4.78, 5) is 13.9. The summed E-state index contributed by atoms with van der Waals surface area (Å²) in [6.07, 6.45) is 1.62. The van der Waals surface area contributed by atoms with Crippen molar-refractivity contribution in [2.45, 2.75) is 25.4 Å². The zero-order chi connectivity index (χ0) is 14.3. The highest BCUT2D eigenvalue weighted by atomic mass is 16.3. The van der Waals surface area contributed by atoms with Gasteiger partial charge in [0.05, 0.1) is 18.7 Å². The van der Waals surface area contributed by atoms with Crippen molar-refractivity contribution in [3.8, 4) is 0 Å². The number of nitrogen functional groups attached to an aromatic ring is 1. The third-order valence-electron chi connectivity index (χ3n) is 3.72. The number of β-amino-alcohol motifs (C(OH)–C–C–N with tert-alkyl or cyclic N) is 1. The molecule has 2 aromatic rings. The third kappa shape index (κ3) is 2.14. The van der Waals surface area contributed by atoms with Crippen molar-refractivity contribution in [1.82, 2.24) is 4.90 Å². The van der Waals surface area contributed by atoms with Gasteiger partial charge in [-0.2, -0.15) is 0 Å². The van der Waals surface area contributed by atoms with Gasteiger partial charge < -0.3 is 20.2 Å². The van der Waals surface area contributed by atoms with E-state index in [1.807, 2.05) is 6.92 Å². The number of carbonyl (C=O) groups excluding carboxylic acids is 1. The molecule has 0 atom stereocenters. The van der Waals surface area contributed by atoms with Crippen LogP contribution in [0.5, 0.6) is 0 Å². The van der Waals surface area contributed by atoms with E-state index in [-0.39, 0.29) is 5.91 Å².